The lowest BCUT2D eigenvalue weighted by Gasteiger charge is -2.15. The van der Waals surface area contributed by atoms with E-state index in [0.29, 0.717) is 16.1 Å². The van der Waals surface area contributed by atoms with Crippen molar-refractivity contribution in [3.05, 3.63) is 64.0 Å². The fraction of sp³-hybridized carbons (Fsp3) is 0.320. The fourth-order valence-corrected chi connectivity index (χ4v) is 5.13. The van der Waals surface area contributed by atoms with Crippen LogP contribution >= 0.6 is 11.3 Å². The Morgan fingerprint density at radius 1 is 1.24 bits per heavy atom. The van der Waals surface area contributed by atoms with Crippen molar-refractivity contribution in [2.24, 2.45) is 0 Å². The minimum atomic E-state index is -0.599. The van der Waals surface area contributed by atoms with E-state index >= 15 is 0 Å². The first-order valence-corrected chi connectivity index (χ1v) is 11.8. The van der Waals surface area contributed by atoms with E-state index in [2.05, 4.69) is 15.3 Å². The molecule has 2 aromatic carbocycles. The Kier molecular flexibility index (Phi) is 6.95. The smallest absolute Gasteiger partial charge is 0.338 e. The molecule has 0 radical (unpaired) electrons. The number of hydrogen-bond donors (Lipinski definition) is 2. The van der Waals surface area contributed by atoms with Gasteiger partial charge in [-0.15, -0.1) is 11.3 Å². The summed E-state index contributed by atoms with van der Waals surface area (Å²) in [4.78, 5) is 32.2. The number of hydrogen-bond acceptors (Lipinski definition) is 7. The maximum Gasteiger partial charge on any atom is 0.338 e. The van der Waals surface area contributed by atoms with Gasteiger partial charge < -0.3 is 19.8 Å². The summed E-state index contributed by atoms with van der Waals surface area (Å²) in [5, 5.41) is 4.96. The van der Waals surface area contributed by atoms with E-state index in [0.717, 1.165) is 28.2 Å². The van der Waals surface area contributed by atoms with Gasteiger partial charge in [0.05, 0.1) is 35.9 Å². The first-order chi connectivity index (χ1) is 16.3. The summed E-state index contributed by atoms with van der Waals surface area (Å²) in [7, 11) is 3.07. The van der Waals surface area contributed by atoms with Crippen LogP contribution in [0, 0.1) is 5.82 Å². The van der Waals surface area contributed by atoms with Crippen LogP contribution in [0.15, 0.2) is 36.4 Å². The molecule has 178 valence electrons. The summed E-state index contributed by atoms with van der Waals surface area (Å²) in [6, 6.07) is 10.4. The first kappa shape index (κ1) is 23.8. The van der Waals surface area contributed by atoms with Gasteiger partial charge in [0.15, 0.2) is 5.82 Å². The van der Waals surface area contributed by atoms with Gasteiger partial charge in [-0.05, 0) is 51.1 Å². The van der Waals surface area contributed by atoms with Crippen molar-refractivity contribution in [2.75, 3.05) is 14.2 Å². The van der Waals surface area contributed by atoms with Gasteiger partial charge in [0.2, 0.25) is 0 Å². The number of nitrogens with zero attached hydrogens (tertiary/aromatic N) is 1. The SMILES string of the molecule is CNC(Cc1c(CC(=O)OC(C)C)[nH]c2ccccc12)c1nc2c(F)cc(C(=O)OC)cc2s1. The number of thiazole rings is 1. The Hall–Kier alpha value is -3.30. The Morgan fingerprint density at radius 3 is 2.71 bits per heavy atom. The van der Waals surface area contributed by atoms with E-state index in [-0.39, 0.29) is 35.6 Å². The molecular weight excluding hydrogens is 457 g/mol. The lowest BCUT2D eigenvalue weighted by molar-refractivity contribution is -0.146. The second-order valence-electron chi connectivity index (χ2n) is 8.24. The molecule has 2 heterocycles. The van der Waals surface area contributed by atoms with Crippen LogP contribution in [0.5, 0.6) is 0 Å². The maximum atomic E-state index is 14.7. The Morgan fingerprint density at radius 2 is 2.00 bits per heavy atom. The quantitative estimate of drug-likeness (QED) is 0.353. The van der Waals surface area contributed by atoms with Gasteiger partial charge in [0, 0.05) is 16.6 Å². The van der Waals surface area contributed by atoms with Gasteiger partial charge in [-0.3, -0.25) is 4.79 Å². The molecule has 0 spiro atoms. The van der Waals surface area contributed by atoms with Crippen LogP contribution in [0.3, 0.4) is 0 Å². The normalized spacial score (nSPS) is 12.4. The van der Waals surface area contributed by atoms with E-state index < -0.39 is 11.8 Å². The molecule has 0 bridgehead atoms. The minimum Gasteiger partial charge on any atom is -0.465 e. The number of aromatic amines is 1. The number of H-pyrrole nitrogens is 1. The second-order valence-corrected chi connectivity index (χ2v) is 9.30. The van der Waals surface area contributed by atoms with Crippen LogP contribution in [0.25, 0.3) is 21.1 Å². The van der Waals surface area contributed by atoms with Crippen molar-refractivity contribution in [2.45, 2.75) is 38.8 Å². The van der Waals surface area contributed by atoms with E-state index in [1.807, 2.05) is 45.2 Å². The summed E-state index contributed by atoms with van der Waals surface area (Å²) in [6.45, 7) is 3.64. The summed E-state index contributed by atoms with van der Waals surface area (Å²) in [5.41, 5.74) is 3.05. The molecule has 0 fully saturated rings. The monoisotopic (exact) mass is 483 g/mol. The number of likely N-dealkylation sites (N-methyl/N-ethyl adjacent to an activating group) is 1. The molecule has 9 heteroatoms. The van der Waals surface area contributed by atoms with Crippen LogP contribution in [0.2, 0.25) is 0 Å². The van der Waals surface area contributed by atoms with E-state index in [1.165, 1.54) is 18.4 Å². The molecule has 0 saturated heterocycles. The van der Waals surface area contributed by atoms with Crippen molar-refractivity contribution in [1.82, 2.24) is 15.3 Å². The number of ether oxygens (including phenoxy) is 2. The molecule has 0 saturated carbocycles. The average Bonchev–Trinajstić information content (AvgIpc) is 3.37. The van der Waals surface area contributed by atoms with Crippen LogP contribution < -0.4 is 5.32 Å². The predicted octanol–water partition coefficient (Wildman–Crippen LogP) is 4.70. The molecule has 1 atom stereocenters. The number of fused-ring (bicyclic) bond motifs is 2. The zero-order valence-electron chi connectivity index (χ0n) is 19.4. The zero-order valence-corrected chi connectivity index (χ0v) is 20.2. The van der Waals surface area contributed by atoms with Crippen molar-refractivity contribution >= 4 is 44.4 Å². The van der Waals surface area contributed by atoms with Crippen LogP contribution in [-0.2, 0) is 27.1 Å². The average molecular weight is 484 g/mol. The molecule has 34 heavy (non-hydrogen) atoms. The van der Waals surface area contributed by atoms with E-state index in [9.17, 15) is 14.0 Å². The second kappa shape index (κ2) is 9.90. The molecule has 2 N–H and O–H groups in total. The number of halogens is 1. The number of nitrogens with one attached hydrogen (secondary N) is 2. The topological polar surface area (TPSA) is 93.3 Å². The van der Waals surface area contributed by atoms with Crippen LogP contribution in [-0.4, -0.2) is 42.2 Å². The maximum absolute atomic E-state index is 14.7. The molecular formula is C25H26FN3O4S. The molecule has 2 aromatic heterocycles. The van der Waals surface area contributed by atoms with Gasteiger partial charge >= 0.3 is 11.9 Å². The third kappa shape index (κ3) is 4.80. The number of para-hydroxylation sites is 1. The summed E-state index contributed by atoms with van der Waals surface area (Å²) < 4.78 is 25.3. The van der Waals surface area contributed by atoms with E-state index in [1.54, 1.807) is 6.07 Å². The lowest BCUT2D eigenvalue weighted by atomic mass is 10.0. The number of benzene rings is 2. The Bertz CT molecular complexity index is 1360. The highest BCUT2D eigenvalue weighted by molar-refractivity contribution is 7.18. The summed E-state index contributed by atoms with van der Waals surface area (Å²) >= 11 is 1.32. The first-order valence-electron chi connectivity index (χ1n) is 10.9. The highest BCUT2D eigenvalue weighted by Crippen LogP contribution is 2.33. The number of carbonyl (C=O) groups excluding carboxylic acids is 2. The molecule has 4 rings (SSSR count). The minimum absolute atomic E-state index is 0.121. The van der Waals surface area contributed by atoms with Crippen LogP contribution in [0.1, 0.15) is 46.5 Å². The lowest BCUT2D eigenvalue weighted by Crippen LogP contribution is -2.20. The Labute approximate surface area is 200 Å². The number of aromatic nitrogens is 2. The number of methoxy groups -OCH3 is 1. The van der Waals surface area contributed by atoms with Crippen molar-refractivity contribution in [3.63, 3.8) is 0 Å². The van der Waals surface area contributed by atoms with Crippen molar-refractivity contribution in [3.8, 4) is 0 Å². The molecule has 0 amide bonds. The van der Waals surface area contributed by atoms with Gasteiger partial charge in [0.1, 0.15) is 10.5 Å². The molecule has 7 nitrogen and oxygen atoms in total. The zero-order chi connectivity index (χ0) is 24.4. The van der Waals surface area contributed by atoms with Gasteiger partial charge in [-0.2, -0.15) is 0 Å². The van der Waals surface area contributed by atoms with Crippen LogP contribution in [0.4, 0.5) is 4.39 Å². The molecule has 0 aliphatic rings. The summed E-state index contributed by atoms with van der Waals surface area (Å²) in [6.07, 6.45) is 0.448. The van der Waals surface area contributed by atoms with Crippen molar-refractivity contribution < 1.29 is 23.5 Å². The predicted molar refractivity (Wildman–Crippen MR) is 130 cm³/mol. The molecule has 0 aliphatic carbocycles. The van der Waals surface area contributed by atoms with Crippen molar-refractivity contribution in [1.29, 1.82) is 0 Å². The molecule has 4 aromatic rings. The van der Waals surface area contributed by atoms with Gasteiger partial charge in [-0.25, -0.2) is 14.2 Å². The summed E-state index contributed by atoms with van der Waals surface area (Å²) in [5.74, 6) is -1.47. The van der Waals surface area contributed by atoms with E-state index in [4.69, 9.17) is 9.47 Å². The van der Waals surface area contributed by atoms with Gasteiger partial charge in [-0.1, -0.05) is 18.2 Å². The largest absolute Gasteiger partial charge is 0.465 e. The molecule has 1 unspecified atom stereocenters. The third-order valence-electron chi connectivity index (χ3n) is 5.53. The molecule has 0 aliphatic heterocycles. The number of rotatable bonds is 8. The number of esters is 2. The fourth-order valence-electron chi connectivity index (χ4n) is 4.00. The number of carbonyl (C=O) groups is 2. The standard InChI is InChI=1S/C25H26FN3O4S/c1-13(2)33-22(30)12-19-16(15-7-5-6-8-18(15)28-19)11-20(27-3)24-29-23-17(26)9-14(25(31)32-4)10-21(23)34-24/h5-10,13,20,27-28H,11-12H2,1-4H3. The van der Waals surface area contributed by atoms with Gasteiger partial charge in [0.25, 0.3) is 0 Å². The Balaban J connectivity index is 1.71. The highest BCUT2D eigenvalue weighted by atomic mass is 32.1. The third-order valence-corrected chi connectivity index (χ3v) is 6.65. The highest BCUT2D eigenvalue weighted by Gasteiger charge is 2.23.